The van der Waals surface area contributed by atoms with Gasteiger partial charge in [-0.05, 0) is 70.4 Å². The standard InChI is InChI=1S/C23H24N4O3/c1-24-9-7-14-20-16(5-4-6-18(20)28)25-22(14)13-11-17-21(19(29)12-13)15(23(30)26-17)8-10-27(2)3/h4-6,11-12,24,29H,7-10H2,1-3H3. The van der Waals surface area contributed by atoms with E-state index in [1.165, 1.54) is 6.08 Å². The second-order valence-corrected chi connectivity index (χ2v) is 7.78. The first-order valence-corrected chi connectivity index (χ1v) is 9.95. The molecule has 0 radical (unpaired) electrons. The van der Waals surface area contributed by atoms with Crippen molar-refractivity contribution >= 4 is 23.0 Å². The van der Waals surface area contributed by atoms with Gasteiger partial charge in [-0.2, -0.15) is 0 Å². The third-order valence-electron chi connectivity index (χ3n) is 5.41. The minimum atomic E-state index is -0.308. The van der Waals surface area contributed by atoms with Crippen molar-refractivity contribution in [2.45, 2.75) is 12.8 Å². The highest BCUT2D eigenvalue weighted by molar-refractivity contribution is 6.24. The Morgan fingerprint density at radius 2 is 1.90 bits per heavy atom. The van der Waals surface area contributed by atoms with E-state index in [1.54, 1.807) is 18.2 Å². The van der Waals surface area contributed by atoms with E-state index in [2.05, 4.69) is 15.3 Å². The van der Waals surface area contributed by atoms with Crippen molar-refractivity contribution in [1.82, 2.24) is 10.2 Å². The summed E-state index contributed by atoms with van der Waals surface area (Å²) in [4.78, 5) is 35.8. The average Bonchev–Trinajstić information content (AvgIpc) is 3.22. The number of fused-ring (bicyclic) bond motifs is 2. The highest BCUT2D eigenvalue weighted by Gasteiger charge is 2.30. The van der Waals surface area contributed by atoms with Crippen LogP contribution in [-0.2, 0) is 9.59 Å². The maximum Gasteiger partial charge on any atom is 0.274 e. The smallest absolute Gasteiger partial charge is 0.274 e. The van der Waals surface area contributed by atoms with Crippen LogP contribution in [0.15, 0.2) is 57.2 Å². The molecule has 0 spiro atoms. The van der Waals surface area contributed by atoms with Gasteiger partial charge in [0.25, 0.3) is 5.91 Å². The Morgan fingerprint density at radius 3 is 2.63 bits per heavy atom. The van der Waals surface area contributed by atoms with E-state index in [0.717, 1.165) is 5.57 Å². The van der Waals surface area contributed by atoms with Gasteiger partial charge in [-0.3, -0.25) is 9.59 Å². The summed E-state index contributed by atoms with van der Waals surface area (Å²) in [6, 6.07) is 3.40. The van der Waals surface area contributed by atoms with Crippen LogP contribution in [0.5, 0.6) is 5.75 Å². The molecule has 154 valence electrons. The maximum absolute atomic E-state index is 12.5. The second-order valence-electron chi connectivity index (χ2n) is 7.78. The molecular weight excluding hydrogens is 380 g/mol. The first-order chi connectivity index (χ1) is 14.4. The van der Waals surface area contributed by atoms with Crippen LogP contribution >= 0.6 is 0 Å². The molecule has 0 bridgehead atoms. The summed E-state index contributed by atoms with van der Waals surface area (Å²) in [6.07, 6.45) is 6.19. The zero-order chi connectivity index (χ0) is 21.4. The molecule has 2 N–H and O–H groups in total. The molecular formula is C23H24N4O3. The normalized spacial score (nSPS) is 17.4. The Labute approximate surface area is 174 Å². The summed E-state index contributed by atoms with van der Waals surface area (Å²) in [5.41, 5.74) is 3.90. The minimum Gasteiger partial charge on any atom is -0.507 e. The number of nitrogens with one attached hydrogen (secondary N) is 1. The van der Waals surface area contributed by atoms with Crippen LogP contribution in [0.25, 0.3) is 5.57 Å². The van der Waals surface area contributed by atoms with Crippen LogP contribution in [0, 0.1) is 0 Å². The zero-order valence-electron chi connectivity index (χ0n) is 17.3. The van der Waals surface area contributed by atoms with Gasteiger partial charge in [0.1, 0.15) is 5.75 Å². The quantitative estimate of drug-likeness (QED) is 0.686. The van der Waals surface area contributed by atoms with E-state index in [4.69, 9.17) is 0 Å². The van der Waals surface area contributed by atoms with Crippen molar-refractivity contribution in [2.24, 2.45) is 9.98 Å². The summed E-state index contributed by atoms with van der Waals surface area (Å²) in [5, 5.41) is 14.8. The van der Waals surface area contributed by atoms with Crippen LogP contribution in [-0.4, -0.2) is 61.6 Å². The number of nitrogens with zero attached hydrogens (tertiary/aromatic N) is 3. The topological polar surface area (TPSA) is 94.4 Å². The lowest BCUT2D eigenvalue weighted by molar-refractivity contribution is -0.113. The zero-order valence-corrected chi connectivity index (χ0v) is 17.3. The lowest BCUT2D eigenvalue weighted by Gasteiger charge is -2.11. The predicted octanol–water partition coefficient (Wildman–Crippen LogP) is 0.386. The molecule has 30 heavy (non-hydrogen) atoms. The van der Waals surface area contributed by atoms with Gasteiger partial charge in [-0.1, -0.05) is 6.08 Å². The molecule has 0 saturated carbocycles. The summed E-state index contributed by atoms with van der Waals surface area (Å²) in [5.74, 6) is -0.362. The number of rotatable bonds is 7. The molecule has 0 atom stereocenters. The first-order valence-electron chi connectivity index (χ1n) is 9.95. The fourth-order valence-electron chi connectivity index (χ4n) is 3.95. The molecule has 0 fully saturated rings. The SMILES string of the molecule is CNCCC1=C2C(=O)C=CC=C2N=C1c1cc(O)c2c(c1)=NC(=O)C=2CCN(C)C. The molecule has 1 amide bonds. The number of carbonyl (C=O) groups is 2. The van der Waals surface area contributed by atoms with Crippen molar-refractivity contribution in [3.8, 4) is 5.75 Å². The van der Waals surface area contributed by atoms with E-state index >= 15 is 0 Å². The van der Waals surface area contributed by atoms with Crippen LogP contribution in [0.3, 0.4) is 0 Å². The lowest BCUT2D eigenvalue weighted by atomic mass is 9.92. The highest BCUT2D eigenvalue weighted by atomic mass is 16.3. The Balaban J connectivity index is 1.83. The molecule has 7 nitrogen and oxygen atoms in total. The molecule has 2 aliphatic heterocycles. The van der Waals surface area contributed by atoms with Crippen molar-refractivity contribution in [2.75, 3.05) is 34.2 Å². The molecule has 4 rings (SSSR count). The number of ketones is 1. The van der Waals surface area contributed by atoms with Crippen molar-refractivity contribution < 1.29 is 14.7 Å². The summed E-state index contributed by atoms with van der Waals surface area (Å²) < 4.78 is 0. The molecule has 7 heteroatoms. The highest BCUT2D eigenvalue weighted by Crippen LogP contribution is 2.33. The molecule has 1 aromatic rings. The second kappa shape index (κ2) is 7.93. The maximum atomic E-state index is 12.5. The number of aliphatic imine (C=N–C) groups is 1. The summed E-state index contributed by atoms with van der Waals surface area (Å²) >= 11 is 0. The van der Waals surface area contributed by atoms with Gasteiger partial charge in [0, 0.05) is 17.7 Å². The molecule has 3 aliphatic rings. The fourth-order valence-corrected chi connectivity index (χ4v) is 3.95. The van der Waals surface area contributed by atoms with E-state index in [-0.39, 0.29) is 17.4 Å². The van der Waals surface area contributed by atoms with Gasteiger partial charge in [-0.15, -0.1) is 0 Å². The van der Waals surface area contributed by atoms with Gasteiger partial charge < -0.3 is 15.3 Å². The Bertz CT molecular complexity index is 1200. The van der Waals surface area contributed by atoms with Crippen molar-refractivity contribution in [3.63, 3.8) is 0 Å². The van der Waals surface area contributed by atoms with Crippen molar-refractivity contribution in [3.05, 3.63) is 63.3 Å². The third kappa shape index (κ3) is 3.46. The number of phenolic OH excluding ortho intramolecular Hbond substituents is 1. The van der Waals surface area contributed by atoms with Crippen LogP contribution in [0.4, 0.5) is 0 Å². The summed E-state index contributed by atoms with van der Waals surface area (Å²) in [7, 11) is 5.72. The van der Waals surface area contributed by atoms with Crippen LogP contribution < -0.4 is 15.9 Å². The number of allylic oxidation sites excluding steroid dienone is 4. The number of hydrogen-bond acceptors (Lipinski definition) is 6. The van der Waals surface area contributed by atoms with Gasteiger partial charge in [0.15, 0.2) is 5.78 Å². The number of aromatic hydroxyl groups is 1. The Morgan fingerprint density at radius 1 is 1.10 bits per heavy atom. The number of phenols is 1. The number of hydrogen-bond donors (Lipinski definition) is 2. The third-order valence-corrected chi connectivity index (χ3v) is 5.41. The van der Waals surface area contributed by atoms with E-state index in [1.807, 2.05) is 32.1 Å². The van der Waals surface area contributed by atoms with E-state index in [9.17, 15) is 14.7 Å². The molecule has 0 saturated heterocycles. The van der Waals surface area contributed by atoms with Gasteiger partial charge >= 0.3 is 0 Å². The molecule has 2 heterocycles. The lowest BCUT2D eigenvalue weighted by Crippen LogP contribution is -2.26. The number of carbonyl (C=O) groups excluding carboxylic acids is 2. The monoisotopic (exact) mass is 404 g/mol. The average molecular weight is 404 g/mol. The number of amides is 1. The summed E-state index contributed by atoms with van der Waals surface area (Å²) in [6.45, 7) is 1.37. The Kier molecular flexibility index (Phi) is 5.32. The minimum absolute atomic E-state index is 0.0137. The Hall–Kier alpha value is -3.16. The molecule has 1 aromatic carbocycles. The predicted molar refractivity (Wildman–Crippen MR) is 115 cm³/mol. The van der Waals surface area contributed by atoms with Gasteiger partial charge in [-0.25, -0.2) is 9.98 Å². The van der Waals surface area contributed by atoms with E-state index < -0.39 is 0 Å². The largest absolute Gasteiger partial charge is 0.507 e. The van der Waals surface area contributed by atoms with E-state index in [0.29, 0.717) is 64.6 Å². The van der Waals surface area contributed by atoms with Crippen LogP contribution in [0.2, 0.25) is 0 Å². The molecule has 0 unspecified atom stereocenters. The van der Waals surface area contributed by atoms with Crippen LogP contribution in [0.1, 0.15) is 18.4 Å². The van der Waals surface area contributed by atoms with Crippen molar-refractivity contribution in [1.29, 1.82) is 0 Å². The number of benzene rings is 1. The molecule has 1 aliphatic carbocycles. The first kappa shape index (κ1) is 20.1. The molecule has 0 aromatic heterocycles. The van der Waals surface area contributed by atoms with Gasteiger partial charge in [0.05, 0.1) is 27.6 Å². The van der Waals surface area contributed by atoms with Gasteiger partial charge in [0.2, 0.25) is 0 Å². The fraction of sp³-hybridized carbons (Fsp3) is 0.304.